The highest BCUT2D eigenvalue weighted by Gasteiger charge is 2.29. The zero-order chi connectivity index (χ0) is 18.2. The van der Waals surface area contributed by atoms with E-state index in [1.165, 1.54) is 12.1 Å². The van der Waals surface area contributed by atoms with Crippen LogP contribution in [0.5, 0.6) is 0 Å². The normalized spacial score (nSPS) is 11.5. The molecule has 25 heavy (non-hydrogen) atoms. The highest BCUT2D eigenvalue weighted by atomic mass is 79.9. The van der Waals surface area contributed by atoms with Crippen LogP contribution in [-0.4, -0.2) is 27.5 Å². The Morgan fingerprint density at radius 3 is 1.96 bits per heavy atom. The summed E-state index contributed by atoms with van der Waals surface area (Å²) in [6, 6.07) is 13.7. The molecule has 0 aliphatic heterocycles. The van der Waals surface area contributed by atoms with Crippen molar-refractivity contribution in [2.45, 2.75) is 9.92 Å². The van der Waals surface area contributed by atoms with E-state index in [0.717, 1.165) is 8.95 Å². The Morgan fingerprint density at radius 1 is 0.920 bits per heavy atom. The van der Waals surface area contributed by atoms with Gasteiger partial charge in [0.15, 0.2) is 0 Å². The van der Waals surface area contributed by atoms with E-state index in [4.69, 9.17) is 4.42 Å². The van der Waals surface area contributed by atoms with Crippen molar-refractivity contribution in [2.24, 2.45) is 0 Å². The second-order valence-electron chi connectivity index (χ2n) is 5.49. The van der Waals surface area contributed by atoms with E-state index in [1.807, 2.05) is 24.3 Å². The number of sulfone groups is 1. The van der Waals surface area contributed by atoms with Gasteiger partial charge >= 0.3 is 0 Å². The van der Waals surface area contributed by atoms with Gasteiger partial charge in [0.05, 0.1) is 4.90 Å². The predicted molar refractivity (Wildman–Crippen MR) is 104 cm³/mol. The molecule has 0 saturated heterocycles. The lowest BCUT2D eigenvalue weighted by Crippen LogP contribution is -2.13. The molecule has 0 radical (unpaired) electrons. The summed E-state index contributed by atoms with van der Waals surface area (Å²) < 4.78 is 33.5. The summed E-state index contributed by atoms with van der Waals surface area (Å²) in [5, 5.41) is -0.0993. The molecular formula is C17H14Br2N2O3S. The maximum Gasteiger partial charge on any atom is 0.235 e. The summed E-state index contributed by atoms with van der Waals surface area (Å²) >= 11 is 6.68. The van der Waals surface area contributed by atoms with Gasteiger partial charge < -0.3 is 9.32 Å². The smallest absolute Gasteiger partial charge is 0.235 e. The summed E-state index contributed by atoms with van der Waals surface area (Å²) in [7, 11) is -0.374. The van der Waals surface area contributed by atoms with Gasteiger partial charge in [0.25, 0.3) is 0 Å². The molecule has 0 saturated carbocycles. The van der Waals surface area contributed by atoms with Gasteiger partial charge in [0, 0.05) is 28.6 Å². The van der Waals surface area contributed by atoms with Crippen LogP contribution in [0.1, 0.15) is 0 Å². The Morgan fingerprint density at radius 2 is 1.44 bits per heavy atom. The second-order valence-corrected chi connectivity index (χ2v) is 9.18. The van der Waals surface area contributed by atoms with Crippen molar-refractivity contribution in [2.75, 3.05) is 19.0 Å². The standard InChI is InChI=1S/C17H14Br2N2O3S/c1-21(2)17-16(25(22,23)14-9-7-13(19)8-10-14)20-15(24-17)11-3-5-12(18)6-4-11/h3-10H,1-2H3. The maximum absolute atomic E-state index is 13.0. The molecule has 0 bridgehead atoms. The van der Waals surface area contributed by atoms with Gasteiger partial charge in [-0.3, -0.25) is 0 Å². The highest BCUT2D eigenvalue weighted by molar-refractivity contribution is 9.10. The zero-order valence-corrected chi connectivity index (χ0v) is 17.4. The summed E-state index contributed by atoms with van der Waals surface area (Å²) in [5.41, 5.74) is 0.698. The number of anilines is 1. The van der Waals surface area contributed by atoms with Crippen molar-refractivity contribution < 1.29 is 12.8 Å². The Kier molecular flexibility index (Phi) is 5.04. The van der Waals surface area contributed by atoms with Crippen LogP contribution < -0.4 is 4.90 Å². The molecule has 0 amide bonds. The van der Waals surface area contributed by atoms with E-state index in [1.54, 1.807) is 31.1 Å². The number of nitrogens with zero attached hydrogens (tertiary/aromatic N) is 2. The SMILES string of the molecule is CN(C)c1oc(-c2ccc(Br)cc2)nc1S(=O)(=O)c1ccc(Br)cc1. The molecule has 0 spiro atoms. The van der Waals surface area contributed by atoms with Gasteiger partial charge in [0.1, 0.15) is 0 Å². The summed E-state index contributed by atoms with van der Waals surface area (Å²) in [5.74, 6) is 0.452. The first kappa shape index (κ1) is 18.2. The summed E-state index contributed by atoms with van der Waals surface area (Å²) in [6.45, 7) is 0. The first-order chi connectivity index (χ1) is 11.8. The molecule has 0 atom stereocenters. The molecular weight excluding hydrogens is 472 g/mol. The fourth-order valence-electron chi connectivity index (χ4n) is 2.20. The van der Waals surface area contributed by atoms with E-state index in [0.29, 0.717) is 5.56 Å². The van der Waals surface area contributed by atoms with Gasteiger partial charge in [-0.2, -0.15) is 4.98 Å². The average molecular weight is 486 g/mol. The van der Waals surface area contributed by atoms with Crippen molar-refractivity contribution in [1.82, 2.24) is 4.98 Å². The molecule has 8 heteroatoms. The van der Waals surface area contributed by atoms with Gasteiger partial charge in [0.2, 0.25) is 26.6 Å². The Hall–Kier alpha value is -1.64. The van der Waals surface area contributed by atoms with Crippen LogP contribution in [0.3, 0.4) is 0 Å². The molecule has 5 nitrogen and oxygen atoms in total. The first-order valence-corrected chi connectivity index (χ1v) is 10.3. The number of rotatable bonds is 4. The van der Waals surface area contributed by atoms with Crippen LogP contribution in [0.15, 0.2) is 71.8 Å². The average Bonchev–Trinajstić information content (AvgIpc) is 3.02. The summed E-state index contributed by atoms with van der Waals surface area (Å²) in [4.78, 5) is 6.04. The van der Waals surface area contributed by atoms with Crippen molar-refractivity contribution in [3.05, 3.63) is 57.5 Å². The Labute approximate surface area is 162 Å². The van der Waals surface area contributed by atoms with Gasteiger partial charge in [-0.15, -0.1) is 0 Å². The number of oxazole rings is 1. The van der Waals surface area contributed by atoms with Crippen LogP contribution in [0, 0.1) is 0 Å². The van der Waals surface area contributed by atoms with E-state index in [2.05, 4.69) is 36.8 Å². The minimum Gasteiger partial charge on any atom is -0.419 e. The first-order valence-electron chi connectivity index (χ1n) is 7.24. The number of halogens is 2. The third-order valence-electron chi connectivity index (χ3n) is 3.46. The van der Waals surface area contributed by atoms with Gasteiger partial charge in [-0.1, -0.05) is 31.9 Å². The topological polar surface area (TPSA) is 63.4 Å². The van der Waals surface area contributed by atoms with Crippen LogP contribution in [0.4, 0.5) is 5.88 Å². The minimum absolute atomic E-state index is 0.0993. The molecule has 130 valence electrons. The molecule has 0 N–H and O–H groups in total. The second kappa shape index (κ2) is 6.93. The van der Waals surface area contributed by atoms with Crippen LogP contribution in [-0.2, 0) is 9.84 Å². The molecule has 1 aromatic heterocycles. The largest absolute Gasteiger partial charge is 0.419 e. The summed E-state index contributed by atoms with van der Waals surface area (Å²) in [6.07, 6.45) is 0. The van der Waals surface area contributed by atoms with E-state index >= 15 is 0 Å². The fraction of sp³-hybridized carbons (Fsp3) is 0.118. The van der Waals surface area contributed by atoms with Crippen molar-refractivity contribution >= 4 is 47.6 Å². The minimum atomic E-state index is -3.80. The quantitative estimate of drug-likeness (QED) is 0.532. The third-order valence-corrected chi connectivity index (χ3v) is 6.18. The fourth-order valence-corrected chi connectivity index (χ4v) is 4.10. The van der Waals surface area contributed by atoms with Gasteiger partial charge in [-0.25, -0.2) is 8.42 Å². The van der Waals surface area contributed by atoms with Gasteiger partial charge in [-0.05, 0) is 48.5 Å². The van der Waals surface area contributed by atoms with Crippen molar-refractivity contribution in [3.63, 3.8) is 0 Å². The Bertz CT molecular complexity index is 995. The predicted octanol–water partition coefficient (Wildman–Crippen LogP) is 4.77. The molecule has 0 fully saturated rings. The third kappa shape index (κ3) is 3.65. The molecule has 0 unspecified atom stereocenters. The number of hydrogen-bond donors (Lipinski definition) is 0. The lowest BCUT2D eigenvalue weighted by atomic mass is 10.2. The molecule has 2 aromatic carbocycles. The molecule has 1 heterocycles. The number of benzene rings is 2. The number of aromatic nitrogens is 1. The highest BCUT2D eigenvalue weighted by Crippen LogP contribution is 2.34. The van der Waals surface area contributed by atoms with Crippen molar-refractivity contribution in [1.29, 1.82) is 0 Å². The number of hydrogen-bond acceptors (Lipinski definition) is 5. The van der Waals surface area contributed by atoms with Crippen molar-refractivity contribution in [3.8, 4) is 11.5 Å². The lowest BCUT2D eigenvalue weighted by molar-refractivity contribution is 0.564. The monoisotopic (exact) mass is 484 g/mol. The Balaban J connectivity index is 2.14. The molecule has 0 aliphatic carbocycles. The molecule has 3 aromatic rings. The lowest BCUT2D eigenvalue weighted by Gasteiger charge is -2.10. The molecule has 0 aliphatic rings. The van der Waals surface area contributed by atoms with Crippen LogP contribution in [0.2, 0.25) is 0 Å². The maximum atomic E-state index is 13.0. The van der Waals surface area contributed by atoms with Crippen LogP contribution >= 0.6 is 31.9 Å². The molecule has 3 rings (SSSR count). The van der Waals surface area contributed by atoms with E-state index in [9.17, 15) is 8.42 Å². The van der Waals surface area contributed by atoms with E-state index < -0.39 is 9.84 Å². The zero-order valence-electron chi connectivity index (χ0n) is 13.4. The van der Waals surface area contributed by atoms with E-state index in [-0.39, 0.29) is 21.7 Å². The van der Waals surface area contributed by atoms with Crippen LogP contribution in [0.25, 0.3) is 11.5 Å².